The van der Waals surface area contributed by atoms with Crippen molar-refractivity contribution >= 4 is 43.3 Å². The number of rotatable bonds is 7. The highest BCUT2D eigenvalue weighted by Gasteiger charge is 2.28. The van der Waals surface area contributed by atoms with E-state index in [-0.39, 0.29) is 23.1 Å². The summed E-state index contributed by atoms with van der Waals surface area (Å²) in [5.74, 6) is 0.0359. The van der Waals surface area contributed by atoms with Crippen molar-refractivity contribution in [3.63, 3.8) is 0 Å². The predicted octanol–water partition coefficient (Wildman–Crippen LogP) is 5.52. The van der Waals surface area contributed by atoms with E-state index < -0.39 is 15.8 Å². The summed E-state index contributed by atoms with van der Waals surface area (Å²) in [6, 6.07) is 14.3. The number of ether oxygens (including phenoxy) is 1. The van der Waals surface area contributed by atoms with E-state index in [1.807, 2.05) is 24.3 Å². The van der Waals surface area contributed by atoms with Gasteiger partial charge in [-0.3, -0.25) is 0 Å². The third-order valence-corrected chi connectivity index (χ3v) is 7.82. The summed E-state index contributed by atoms with van der Waals surface area (Å²) >= 11 is 4.68. The molecule has 0 aliphatic rings. The first-order chi connectivity index (χ1) is 16.6. The topological polar surface area (TPSA) is 104 Å². The molecule has 0 unspecified atom stereocenters. The van der Waals surface area contributed by atoms with E-state index in [9.17, 15) is 13.2 Å². The molecule has 2 aromatic carbocycles. The van der Waals surface area contributed by atoms with Gasteiger partial charge in [0.05, 0.1) is 21.7 Å². The van der Waals surface area contributed by atoms with Gasteiger partial charge >= 0.3 is 5.97 Å². The Labute approximate surface area is 216 Å². The Balaban J connectivity index is 1.90. The zero-order chi connectivity index (χ0) is 25.3. The van der Waals surface area contributed by atoms with Crippen molar-refractivity contribution in [1.82, 2.24) is 19.1 Å². The fourth-order valence-electron chi connectivity index (χ4n) is 3.56. The van der Waals surface area contributed by atoms with Crippen LogP contribution in [0.2, 0.25) is 0 Å². The lowest BCUT2D eigenvalue weighted by Gasteiger charge is -2.14. The highest BCUT2D eigenvalue weighted by Crippen LogP contribution is 2.37. The number of sulfone groups is 1. The van der Waals surface area contributed by atoms with E-state index in [1.165, 1.54) is 6.07 Å². The molecule has 0 spiro atoms. The molecule has 0 aliphatic carbocycles. The van der Waals surface area contributed by atoms with Gasteiger partial charge in [-0.25, -0.2) is 22.9 Å². The van der Waals surface area contributed by atoms with Crippen LogP contribution in [0.3, 0.4) is 0 Å². The molecule has 0 N–H and O–H groups in total. The van der Waals surface area contributed by atoms with Crippen LogP contribution in [-0.4, -0.2) is 46.4 Å². The Morgan fingerprint density at radius 1 is 1.17 bits per heavy atom. The second kappa shape index (κ2) is 10.00. The maximum absolute atomic E-state index is 12.7. The van der Waals surface area contributed by atoms with Gasteiger partial charge in [0.1, 0.15) is 5.69 Å². The Bertz CT molecular complexity index is 1510. The van der Waals surface area contributed by atoms with Gasteiger partial charge in [0.25, 0.3) is 0 Å². The molecule has 182 valence electrons. The molecule has 0 radical (unpaired) electrons. The molecule has 2 heterocycles. The Morgan fingerprint density at radius 2 is 1.91 bits per heavy atom. The van der Waals surface area contributed by atoms with Crippen molar-refractivity contribution in [2.24, 2.45) is 0 Å². The SMILES string of the molecule is CCOC(=O)c1nn(-c2ccccc2C(C)C)c(-c2nc(-c3cccc(S(C)(=O)=O)c3)ns2)c1Br. The summed E-state index contributed by atoms with van der Waals surface area (Å²) in [6.07, 6.45) is 1.16. The van der Waals surface area contributed by atoms with Crippen LogP contribution < -0.4 is 0 Å². The summed E-state index contributed by atoms with van der Waals surface area (Å²) in [5.41, 5.74) is 3.13. The van der Waals surface area contributed by atoms with Crippen molar-refractivity contribution in [1.29, 1.82) is 0 Å². The number of halogens is 1. The van der Waals surface area contributed by atoms with Crippen molar-refractivity contribution in [3.8, 4) is 27.8 Å². The minimum atomic E-state index is -3.38. The highest BCUT2D eigenvalue weighted by molar-refractivity contribution is 9.10. The van der Waals surface area contributed by atoms with Crippen molar-refractivity contribution in [3.05, 3.63) is 64.3 Å². The zero-order valence-corrected chi connectivity index (χ0v) is 22.7. The van der Waals surface area contributed by atoms with Gasteiger partial charge in [0.2, 0.25) is 0 Å². The smallest absolute Gasteiger partial charge is 0.360 e. The highest BCUT2D eigenvalue weighted by atomic mass is 79.9. The molecule has 0 aliphatic heterocycles. The maximum atomic E-state index is 12.7. The molecular weight excluding hydrogens is 552 g/mol. The lowest BCUT2D eigenvalue weighted by Crippen LogP contribution is -2.08. The first-order valence-electron chi connectivity index (χ1n) is 10.8. The minimum absolute atomic E-state index is 0.135. The molecule has 35 heavy (non-hydrogen) atoms. The Hall–Kier alpha value is -2.89. The molecule has 4 aromatic rings. The lowest BCUT2D eigenvalue weighted by atomic mass is 10.0. The third-order valence-electron chi connectivity index (χ3n) is 5.23. The predicted molar refractivity (Wildman–Crippen MR) is 139 cm³/mol. The van der Waals surface area contributed by atoms with Crippen LogP contribution in [-0.2, 0) is 14.6 Å². The lowest BCUT2D eigenvalue weighted by molar-refractivity contribution is 0.0518. The van der Waals surface area contributed by atoms with E-state index in [0.29, 0.717) is 26.6 Å². The first kappa shape index (κ1) is 25.2. The molecule has 2 aromatic heterocycles. The molecule has 0 saturated carbocycles. The average molecular weight is 576 g/mol. The number of esters is 1. The molecule has 0 atom stereocenters. The van der Waals surface area contributed by atoms with Crippen LogP contribution >= 0.6 is 27.5 Å². The number of carbonyl (C=O) groups is 1. The maximum Gasteiger partial charge on any atom is 0.360 e. The molecular formula is C24H23BrN4O4S2. The van der Waals surface area contributed by atoms with E-state index >= 15 is 0 Å². The monoisotopic (exact) mass is 574 g/mol. The van der Waals surface area contributed by atoms with Crippen LogP contribution in [0.5, 0.6) is 0 Å². The summed E-state index contributed by atoms with van der Waals surface area (Å²) in [6.45, 7) is 6.12. The number of para-hydroxylation sites is 1. The molecule has 0 fully saturated rings. The Kier molecular flexibility index (Phi) is 7.20. The van der Waals surface area contributed by atoms with Crippen LogP contribution in [0, 0.1) is 0 Å². The van der Waals surface area contributed by atoms with Gasteiger partial charge in [0, 0.05) is 11.8 Å². The molecule has 4 rings (SSSR count). The average Bonchev–Trinajstić information content (AvgIpc) is 3.43. The Morgan fingerprint density at radius 3 is 2.60 bits per heavy atom. The quantitative estimate of drug-likeness (QED) is 0.267. The molecule has 0 saturated heterocycles. The number of nitrogens with zero attached hydrogens (tertiary/aromatic N) is 4. The zero-order valence-electron chi connectivity index (χ0n) is 19.5. The first-order valence-corrected chi connectivity index (χ1v) is 14.3. The number of hydrogen-bond acceptors (Lipinski definition) is 8. The summed E-state index contributed by atoms with van der Waals surface area (Å²) in [7, 11) is -3.38. The molecule has 0 bridgehead atoms. The van der Waals surface area contributed by atoms with Gasteiger partial charge < -0.3 is 4.74 Å². The fourth-order valence-corrected chi connectivity index (χ4v) is 5.68. The standard InChI is InChI=1S/C24H23BrN4O4S2/c1-5-33-24(30)20-19(25)21(29(27-20)18-12-7-6-11-17(18)14(2)3)23-26-22(28-34-23)15-9-8-10-16(13-15)35(4,31)32/h6-14H,5H2,1-4H3. The largest absolute Gasteiger partial charge is 0.461 e. The van der Waals surface area contributed by atoms with Crippen LogP contribution in [0.1, 0.15) is 42.7 Å². The van der Waals surface area contributed by atoms with Gasteiger partial charge in [-0.2, -0.15) is 9.47 Å². The molecule has 0 amide bonds. The fraction of sp³-hybridized carbons (Fsp3) is 0.250. The van der Waals surface area contributed by atoms with Gasteiger partial charge in [-0.1, -0.05) is 44.2 Å². The van der Waals surface area contributed by atoms with E-state index in [0.717, 1.165) is 29.0 Å². The van der Waals surface area contributed by atoms with Crippen LogP contribution in [0.25, 0.3) is 27.8 Å². The number of hydrogen-bond donors (Lipinski definition) is 0. The second-order valence-electron chi connectivity index (χ2n) is 8.08. The number of carbonyl (C=O) groups excluding carboxylic acids is 1. The van der Waals surface area contributed by atoms with Gasteiger partial charge in [0.15, 0.2) is 26.4 Å². The van der Waals surface area contributed by atoms with E-state index in [1.54, 1.807) is 29.8 Å². The van der Waals surface area contributed by atoms with Gasteiger partial charge in [-0.15, -0.1) is 0 Å². The number of benzene rings is 2. The minimum Gasteiger partial charge on any atom is -0.461 e. The second-order valence-corrected chi connectivity index (χ2v) is 11.6. The van der Waals surface area contributed by atoms with Crippen molar-refractivity contribution < 1.29 is 17.9 Å². The number of aromatic nitrogens is 4. The van der Waals surface area contributed by atoms with Crippen LogP contribution in [0.15, 0.2) is 57.9 Å². The van der Waals surface area contributed by atoms with Crippen molar-refractivity contribution in [2.45, 2.75) is 31.6 Å². The summed E-state index contributed by atoms with van der Waals surface area (Å²) in [5, 5.41) is 5.11. The van der Waals surface area contributed by atoms with Crippen molar-refractivity contribution in [2.75, 3.05) is 12.9 Å². The third kappa shape index (κ3) is 5.07. The van der Waals surface area contributed by atoms with E-state index in [4.69, 9.17) is 4.74 Å². The molecule has 8 nitrogen and oxygen atoms in total. The van der Waals surface area contributed by atoms with Gasteiger partial charge in [-0.05, 0) is 64.1 Å². The molecule has 11 heteroatoms. The van der Waals surface area contributed by atoms with Crippen LogP contribution in [0.4, 0.5) is 0 Å². The summed E-state index contributed by atoms with van der Waals surface area (Å²) in [4.78, 5) is 17.5. The van der Waals surface area contributed by atoms with E-state index in [2.05, 4.69) is 44.2 Å². The normalized spacial score (nSPS) is 11.7. The summed E-state index contributed by atoms with van der Waals surface area (Å²) < 4.78 is 35.8.